The summed E-state index contributed by atoms with van der Waals surface area (Å²) in [6.07, 6.45) is 0.625. The Balaban J connectivity index is 1.61. The Morgan fingerprint density at radius 1 is 1.03 bits per heavy atom. The standard InChI is InChI=1S/C25H22ClN3O4S2/c1-2-17-8-14-21(15-9-17)35(32,33)28-25-29(20-6-4-3-5-7-20)24(31)22(34-25)16-23(30)27-19-12-10-18(26)11-13-19/h3-15,22H,2,16H2,1H3,(H,27,30)/b28-25+. The van der Waals surface area contributed by atoms with Gasteiger partial charge in [-0.05, 0) is 60.5 Å². The number of hydrogen-bond donors (Lipinski definition) is 1. The van der Waals surface area contributed by atoms with E-state index in [4.69, 9.17) is 11.6 Å². The first kappa shape index (κ1) is 25.0. The lowest BCUT2D eigenvalue weighted by Crippen LogP contribution is -2.33. The highest BCUT2D eigenvalue weighted by atomic mass is 35.5. The largest absolute Gasteiger partial charge is 0.326 e. The highest BCUT2D eigenvalue weighted by Crippen LogP contribution is 2.35. The maximum absolute atomic E-state index is 13.3. The number of amides is 2. The minimum Gasteiger partial charge on any atom is -0.326 e. The predicted molar refractivity (Wildman–Crippen MR) is 140 cm³/mol. The monoisotopic (exact) mass is 527 g/mol. The average molecular weight is 528 g/mol. The van der Waals surface area contributed by atoms with Crippen LogP contribution in [0.3, 0.4) is 0 Å². The molecule has 0 bridgehead atoms. The number of halogens is 1. The van der Waals surface area contributed by atoms with Crippen molar-refractivity contribution in [2.45, 2.75) is 29.9 Å². The molecule has 35 heavy (non-hydrogen) atoms. The van der Waals surface area contributed by atoms with E-state index in [9.17, 15) is 18.0 Å². The summed E-state index contributed by atoms with van der Waals surface area (Å²) in [5.41, 5.74) is 2.02. The van der Waals surface area contributed by atoms with E-state index in [0.29, 0.717) is 16.4 Å². The van der Waals surface area contributed by atoms with E-state index >= 15 is 0 Å². The molecule has 1 heterocycles. The quantitative estimate of drug-likeness (QED) is 0.460. The molecule has 0 aliphatic carbocycles. The summed E-state index contributed by atoms with van der Waals surface area (Å²) >= 11 is 6.84. The zero-order valence-corrected chi connectivity index (χ0v) is 21.1. The van der Waals surface area contributed by atoms with Gasteiger partial charge in [-0.2, -0.15) is 8.42 Å². The summed E-state index contributed by atoms with van der Waals surface area (Å²) in [7, 11) is -4.08. The normalized spacial score (nSPS) is 17.1. The van der Waals surface area contributed by atoms with Crippen molar-refractivity contribution < 1.29 is 18.0 Å². The summed E-state index contributed by atoms with van der Waals surface area (Å²) in [6.45, 7) is 1.98. The van der Waals surface area contributed by atoms with Gasteiger partial charge in [-0.1, -0.05) is 60.6 Å². The Bertz CT molecular complexity index is 1360. The van der Waals surface area contributed by atoms with E-state index in [1.165, 1.54) is 17.0 Å². The number of hydrogen-bond acceptors (Lipinski definition) is 5. The maximum Gasteiger partial charge on any atom is 0.284 e. The summed E-state index contributed by atoms with van der Waals surface area (Å²) in [5.74, 6) is -0.798. The second-order valence-corrected chi connectivity index (χ2v) is 10.9. The van der Waals surface area contributed by atoms with Crippen molar-refractivity contribution >= 4 is 61.7 Å². The van der Waals surface area contributed by atoms with Gasteiger partial charge in [0.05, 0.1) is 10.6 Å². The van der Waals surface area contributed by atoms with Crippen LogP contribution in [0.5, 0.6) is 0 Å². The Morgan fingerprint density at radius 3 is 2.31 bits per heavy atom. The summed E-state index contributed by atoms with van der Waals surface area (Å²) in [5, 5.41) is 2.44. The Labute approximate surface area is 213 Å². The molecule has 0 radical (unpaired) electrons. The van der Waals surface area contributed by atoms with E-state index in [0.717, 1.165) is 23.7 Å². The lowest BCUT2D eigenvalue weighted by atomic mass is 10.2. The van der Waals surface area contributed by atoms with Crippen molar-refractivity contribution in [3.63, 3.8) is 0 Å². The molecule has 0 saturated carbocycles. The topological polar surface area (TPSA) is 95.9 Å². The number of rotatable bonds is 7. The third kappa shape index (κ3) is 5.93. The number of sulfonamides is 1. The van der Waals surface area contributed by atoms with Gasteiger partial charge in [0.25, 0.3) is 10.0 Å². The van der Waals surface area contributed by atoms with Crippen molar-refractivity contribution in [3.05, 3.63) is 89.4 Å². The highest BCUT2D eigenvalue weighted by Gasteiger charge is 2.41. The van der Waals surface area contributed by atoms with E-state index in [-0.39, 0.29) is 22.4 Å². The fourth-order valence-corrected chi connectivity index (χ4v) is 5.90. The van der Waals surface area contributed by atoms with Crippen molar-refractivity contribution in [1.29, 1.82) is 0 Å². The molecule has 10 heteroatoms. The minimum absolute atomic E-state index is 0.00469. The van der Waals surface area contributed by atoms with E-state index in [2.05, 4.69) is 9.71 Å². The van der Waals surface area contributed by atoms with Crippen LogP contribution in [0.4, 0.5) is 11.4 Å². The predicted octanol–water partition coefficient (Wildman–Crippen LogP) is 5.12. The van der Waals surface area contributed by atoms with Gasteiger partial charge in [0.1, 0.15) is 5.25 Å². The first-order valence-corrected chi connectivity index (χ1v) is 13.5. The second-order valence-electron chi connectivity index (χ2n) is 7.72. The number of carbonyl (C=O) groups excluding carboxylic acids is 2. The molecular weight excluding hydrogens is 506 g/mol. The fourth-order valence-electron chi connectivity index (χ4n) is 3.44. The summed E-state index contributed by atoms with van der Waals surface area (Å²) < 4.78 is 30.1. The molecule has 1 unspecified atom stereocenters. The van der Waals surface area contributed by atoms with E-state index in [1.807, 2.05) is 6.92 Å². The molecule has 0 spiro atoms. The van der Waals surface area contributed by atoms with Gasteiger partial charge in [0, 0.05) is 17.1 Å². The van der Waals surface area contributed by atoms with Gasteiger partial charge >= 0.3 is 0 Å². The smallest absolute Gasteiger partial charge is 0.284 e. The number of benzene rings is 3. The number of carbonyl (C=O) groups is 2. The fraction of sp³-hybridized carbons (Fsp3) is 0.160. The van der Waals surface area contributed by atoms with Gasteiger partial charge in [0.15, 0.2) is 5.17 Å². The number of nitrogens with one attached hydrogen (secondary N) is 1. The van der Waals surface area contributed by atoms with Crippen molar-refractivity contribution in [2.75, 3.05) is 10.2 Å². The zero-order valence-electron chi connectivity index (χ0n) is 18.7. The van der Waals surface area contributed by atoms with Gasteiger partial charge in [-0.3, -0.25) is 14.5 Å². The molecule has 3 aromatic rings. The van der Waals surface area contributed by atoms with Crippen LogP contribution in [0.2, 0.25) is 5.02 Å². The third-order valence-corrected chi connectivity index (χ3v) is 8.06. The van der Waals surface area contributed by atoms with Gasteiger partial charge in [-0.15, -0.1) is 4.40 Å². The van der Waals surface area contributed by atoms with Crippen LogP contribution >= 0.6 is 23.4 Å². The Hall–Kier alpha value is -3.14. The number of anilines is 2. The molecule has 1 saturated heterocycles. The average Bonchev–Trinajstić information content (AvgIpc) is 3.14. The molecule has 1 fully saturated rings. The van der Waals surface area contributed by atoms with Crippen LogP contribution in [-0.2, 0) is 26.0 Å². The van der Waals surface area contributed by atoms with Gasteiger partial charge < -0.3 is 5.32 Å². The number of nitrogens with zero attached hydrogens (tertiary/aromatic N) is 2. The highest BCUT2D eigenvalue weighted by molar-refractivity contribution is 8.16. The maximum atomic E-state index is 13.3. The summed E-state index contributed by atoms with van der Waals surface area (Å²) in [6, 6.07) is 21.7. The second kappa shape index (κ2) is 10.6. The zero-order chi connectivity index (χ0) is 25.0. The Morgan fingerprint density at radius 2 is 1.69 bits per heavy atom. The number of amidine groups is 1. The SMILES string of the molecule is CCc1ccc(S(=O)(=O)/N=C2/SC(CC(=O)Nc3ccc(Cl)cc3)C(=O)N2c2ccccc2)cc1. The molecule has 2 amide bonds. The molecule has 0 aromatic heterocycles. The Kier molecular flexibility index (Phi) is 7.59. The molecule has 1 aliphatic rings. The molecule has 1 N–H and O–H groups in total. The van der Waals surface area contributed by atoms with Crippen LogP contribution in [-0.4, -0.2) is 30.6 Å². The lowest BCUT2D eigenvalue weighted by Gasteiger charge is -2.16. The number of thioether (sulfide) groups is 1. The van der Waals surface area contributed by atoms with Crippen LogP contribution in [0.25, 0.3) is 0 Å². The van der Waals surface area contributed by atoms with Crippen LogP contribution in [0, 0.1) is 0 Å². The van der Waals surface area contributed by atoms with Gasteiger partial charge in [0.2, 0.25) is 11.8 Å². The number of aryl methyl sites for hydroxylation is 1. The number of para-hydroxylation sites is 1. The van der Waals surface area contributed by atoms with Crippen molar-refractivity contribution in [1.82, 2.24) is 0 Å². The molecule has 4 rings (SSSR count). The summed E-state index contributed by atoms with van der Waals surface area (Å²) in [4.78, 5) is 27.2. The molecule has 1 atom stereocenters. The minimum atomic E-state index is -4.08. The van der Waals surface area contributed by atoms with Crippen LogP contribution in [0.15, 0.2) is 88.2 Å². The van der Waals surface area contributed by atoms with E-state index < -0.39 is 21.2 Å². The van der Waals surface area contributed by atoms with E-state index in [1.54, 1.807) is 66.7 Å². The lowest BCUT2D eigenvalue weighted by molar-refractivity contribution is -0.121. The third-order valence-electron chi connectivity index (χ3n) is 5.28. The molecule has 7 nitrogen and oxygen atoms in total. The van der Waals surface area contributed by atoms with Crippen LogP contribution < -0.4 is 10.2 Å². The first-order chi connectivity index (χ1) is 16.8. The molecule has 180 valence electrons. The molecule has 1 aliphatic heterocycles. The van der Waals surface area contributed by atoms with Crippen LogP contribution in [0.1, 0.15) is 18.9 Å². The molecular formula is C25H22ClN3O4S2. The van der Waals surface area contributed by atoms with Gasteiger partial charge in [-0.25, -0.2) is 0 Å². The first-order valence-electron chi connectivity index (χ1n) is 10.8. The molecule has 3 aromatic carbocycles. The van der Waals surface area contributed by atoms with Crippen molar-refractivity contribution in [3.8, 4) is 0 Å². The van der Waals surface area contributed by atoms with Crippen molar-refractivity contribution in [2.24, 2.45) is 4.40 Å².